The van der Waals surface area contributed by atoms with Crippen molar-refractivity contribution in [1.82, 2.24) is 20.4 Å². The van der Waals surface area contributed by atoms with Gasteiger partial charge in [-0.25, -0.2) is 0 Å². The van der Waals surface area contributed by atoms with Gasteiger partial charge in [-0.05, 0) is 63.1 Å². The molecule has 8 nitrogen and oxygen atoms in total. The number of nitrogens with zero attached hydrogens (tertiary/aromatic N) is 2. The third kappa shape index (κ3) is 6.42. The van der Waals surface area contributed by atoms with Crippen LogP contribution in [0.15, 0.2) is 60.7 Å². The molecule has 2 aromatic rings. The van der Waals surface area contributed by atoms with Crippen molar-refractivity contribution < 1.29 is 14.4 Å². The molecule has 8 heteroatoms. The van der Waals surface area contributed by atoms with Gasteiger partial charge in [0.25, 0.3) is 0 Å². The summed E-state index contributed by atoms with van der Waals surface area (Å²) in [6, 6.07) is 19.7. The van der Waals surface area contributed by atoms with Gasteiger partial charge < -0.3 is 26.2 Å². The van der Waals surface area contributed by atoms with E-state index in [1.807, 2.05) is 41.3 Å². The summed E-state index contributed by atoms with van der Waals surface area (Å²) < 4.78 is 0. The third-order valence-corrected chi connectivity index (χ3v) is 8.09. The molecular weight excluding hydrogens is 478 g/mol. The lowest BCUT2D eigenvalue weighted by Crippen LogP contribution is -2.57. The normalized spacial score (nSPS) is 23.1. The zero-order valence-electron chi connectivity index (χ0n) is 22.6. The first-order valence-corrected chi connectivity index (χ1v) is 13.7. The molecule has 1 heterocycles. The predicted molar refractivity (Wildman–Crippen MR) is 148 cm³/mol. The van der Waals surface area contributed by atoms with Crippen molar-refractivity contribution in [1.29, 1.82) is 0 Å². The fourth-order valence-electron chi connectivity index (χ4n) is 5.56. The van der Waals surface area contributed by atoms with Crippen molar-refractivity contribution in [3.8, 4) is 0 Å². The lowest BCUT2D eigenvalue weighted by molar-refractivity contribution is -0.140. The van der Waals surface area contributed by atoms with Crippen LogP contribution in [0.5, 0.6) is 0 Å². The topological polar surface area (TPSA) is 108 Å². The largest absolute Gasteiger partial charge is 0.340 e. The SMILES string of the molecule is CN[C@@H](C)C(=O)N[C@]1(C(=O)N2CCC[C@H]2CN(CCc2ccccc2)C(=O)CN)C[C@H]1Cc1ccccc1. The number of nitrogens with one attached hydrogen (secondary N) is 2. The van der Waals surface area contributed by atoms with Crippen LogP contribution in [-0.4, -0.2) is 78.4 Å². The molecule has 2 aromatic carbocycles. The molecule has 4 N–H and O–H groups in total. The second-order valence-electron chi connectivity index (χ2n) is 10.6. The van der Waals surface area contributed by atoms with E-state index in [9.17, 15) is 14.4 Å². The summed E-state index contributed by atoms with van der Waals surface area (Å²) >= 11 is 0. The zero-order chi connectivity index (χ0) is 27.1. The smallest absolute Gasteiger partial charge is 0.248 e. The van der Waals surface area contributed by atoms with Crippen LogP contribution in [0.25, 0.3) is 0 Å². The van der Waals surface area contributed by atoms with Crippen molar-refractivity contribution >= 4 is 17.7 Å². The van der Waals surface area contributed by atoms with Gasteiger partial charge in [-0.2, -0.15) is 0 Å². The number of likely N-dealkylation sites (tertiary alicyclic amines) is 1. The second kappa shape index (κ2) is 12.5. The van der Waals surface area contributed by atoms with E-state index in [0.717, 1.165) is 36.8 Å². The number of amides is 3. The summed E-state index contributed by atoms with van der Waals surface area (Å²) in [5.74, 6) is -0.276. The Kier molecular flexibility index (Phi) is 9.17. The molecule has 1 aliphatic heterocycles. The lowest BCUT2D eigenvalue weighted by atomic mass is 10.0. The minimum absolute atomic E-state index is 0.0270. The minimum Gasteiger partial charge on any atom is -0.340 e. The maximum absolute atomic E-state index is 14.1. The standard InChI is InChI=1S/C30H41N5O3/c1-22(32-2)28(37)33-30(19-25(30)18-24-12-7-4-8-13-24)29(38)35-16-9-14-26(35)21-34(27(36)20-31)17-15-23-10-5-3-6-11-23/h3-8,10-13,22,25-26,32H,9,14-21,31H2,1-2H3,(H,33,37)/t22-,25+,26-,30+/m0/s1. The van der Waals surface area contributed by atoms with Gasteiger partial charge in [-0.1, -0.05) is 60.7 Å². The van der Waals surface area contributed by atoms with Crippen LogP contribution >= 0.6 is 0 Å². The Morgan fingerprint density at radius 3 is 2.37 bits per heavy atom. The van der Waals surface area contributed by atoms with Crippen molar-refractivity contribution in [3.05, 3.63) is 71.8 Å². The third-order valence-electron chi connectivity index (χ3n) is 8.09. The number of rotatable bonds is 12. The van der Waals surface area contributed by atoms with Crippen LogP contribution in [0, 0.1) is 5.92 Å². The van der Waals surface area contributed by atoms with E-state index in [1.54, 1.807) is 18.9 Å². The predicted octanol–water partition coefficient (Wildman–Crippen LogP) is 1.73. The average molecular weight is 520 g/mol. The van der Waals surface area contributed by atoms with E-state index < -0.39 is 11.6 Å². The fraction of sp³-hybridized carbons (Fsp3) is 0.500. The Morgan fingerprint density at radius 1 is 1.08 bits per heavy atom. The van der Waals surface area contributed by atoms with E-state index in [0.29, 0.717) is 26.1 Å². The molecule has 1 saturated heterocycles. The molecule has 3 amide bonds. The number of carbonyl (C=O) groups excluding carboxylic acids is 3. The molecule has 0 bridgehead atoms. The number of likely N-dealkylation sites (N-methyl/N-ethyl adjacent to an activating group) is 1. The van der Waals surface area contributed by atoms with Crippen LogP contribution in [0.2, 0.25) is 0 Å². The van der Waals surface area contributed by atoms with Gasteiger partial charge in [-0.15, -0.1) is 0 Å². The summed E-state index contributed by atoms with van der Waals surface area (Å²) in [5, 5.41) is 6.10. The van der Waals surface area contributed by atoms with Crippen LogP contribution in [0.4, 0.5) is 0 Å². The number of carbonyl (C=O) groups is 3. The van der Waals surface area contributed by atoms with Gasteiger partial charge in [0.1, 0.15) is 5.54 Å². The van der Waals surface area contributed by atoms with Crippen molar-refractivity contribution in [2.45, 2.75) is 56.7 Å². The Bertz CT molecular complexity index is 1100. The Hall–Kier alpha value is -3.23. The minimum atomic E-state index is -0.909. The quantitative estimate of drug-likeness (QED) is 0.396. The van der Waals surface area contributed by atoms with Crippen LogP contribution in [-0.2, 0) is 27.2 Å². The molecular formula is C30H41N5O3. The number of nitrogens with two attached hydrogens (primary N) is 1. The summed E-state index contributed by atoms with van der Waals surface area (Å²) in [7, 11) is 1.74. The number of hydrogen-bond donors (Lipinski definition) is 3. The van der Waals surface area contributed by atoms with Gasteiger partial charge in [0.05, 0.1) is 12.6 Å². The Labute approximate surface area is 225 Å². The van der Waals surface area contributed by atoms with Gasteiger partial charge in [0, 0.05) is 25.7 Å². The van der Waals surface area contributed by atoms with E-state index >= 15 is 0 Å². The Balaban J connectivity index is 1.49. The average Bonchev–Trinajstić information content (AvgIpc) is 3.42. The molecule has 0 radical (unpaired) electrons. The maximum Gasteiger partial charge on any atom is 0.248 e. The summed E-state index contributed by atoms with van der Waals surface area (Å²) in [6.07, 6.45) is 3.78. The van der Waals surface area contributed by atoms with Crippen LogP contribution < -0.4 is 16.4 Å². The zero-order valence-corrected chi connectivity index (χ0v) is 22.6. The fourth-order valence-corrected chi connectivity index (χ4v) is 5.56. The molecule has 4 atom stereocenters. The molecule has 204 valence electrons. The highest BCUT2D eigenvalue weighted by Gasteiger charge is 2.62. The first-order valence-electron chi connectivity index (χ1n) is 13.7. The molecule has 2 aliphatic rings. The molecule has 38 heavy (non-hydrogen) atoms. The molecule has 0 spiro atoms. The summed E-state index contributed by atoms with van der Waals surface area (Å²) in [6.45, 7) is 3.37. The number of hydrogen-bond acceptors (Lipinski definition) is 5. The summed E-state index contributed by atoms with van der Waals surface area (Å²) in [4.78, 5) is 43.6. The maximum atomic E-state index is 14.1. The van der Waals surface area contributed by atoms with Crippen molar-refractivity contribution in [2.24, 2.45) is 11.7 Å². The Morgan fingerprint density at radius 2 is 1.74 bits per heavy atom. The molecule has 4 rings (SSSR count). The van der Waals surface area contributed by atoms with E-state index in [-0.39, 0.29) is 36.2 Å². The molecule has 1 saturated carbocycles. The highest BCUT2D eigenvalue weighted by Crippen LogP contribution is 2.48. The second-order valence-corrected chi connectivity index (χ2v) is 10.6. The van der Waals surface area contributed by atoms with Crippen molar-refractivity contribution in [3.63, 3.8) is 0 Å². The van der Waals surface area contributed by atoms with Gasteiger partial charge in [0.2, 0.25) is 17.7 Å². The van der Waals surface area contributed by atoms with E-state index in [4.69, 9.17) is 5.73 Å². The molecule has 1 aliphatic carbocycles. The molecule has 0 unspecified atom stereocenters. The number of benzene rings is 2. The first kappa shape index (κ1) is 27.8. The summed E-state index contributed by atoms with van der Waals surface area (Å²) in [5.41, 5.74) is 7.15. The van der Waals surface area contributed by atoms with Crippen LogP contribution in [0.3, 0.4) is 0 Å². The first-order chi connectivity index (χ1) is 18.4. The van der Waals surface area contributed by atoms with Gasteiger partial charge in [0.15, 0.2) is 0 Å². The van der Waals surface area contributed by atoms with E-state index in [2.05, 4.69) is 34.9 Å². The monoisotopic (exact) mass is 519 g/mol. The van der Waals surface area contributed by atoms with Crippen molar-refractivity contribution in [2.75, 3.05) is 33.2 Å². The highest BCUT2D eigenvalue weighted by atomic mass is 16.2. The van der Waals surface area contributed by atoms with E-state index in [1.165, 1.54) is 0 Å². The molecule has 0 aromatic heterocycles. The van der Waals surface area contributed by atoms with Gasteiger partial charge in [-0.3, -0.25) is 14.4 Å². The van der Waals surface area contributed by atoms with Gasteiger partial charge >= 0.3 is 0 Å². The molecule has 2 fully saturated rings. The lowest BCUT2D eigenvalue weighted by Gasteiger charge is -2.34. The highest BCUT2D eigenvalue weighted by molar-refractivity contribution is 5.96. The van der Waals surface area contributed by atoms with Crippen LogP contribution in [0.1, 0.15) is 37.3 Å².